The van der Waals surface area contributed by atoms with Crippen molar-refractivity contribution in [3.63, 3.8) is 0 Å². The Hall–Kier alpha value is -1.13. The van der Waals surface area contributed by atoms with Crippen LogP contribution < -0.4 is 5.73 Å². The minimum absolute atomic E-state index is 0.167. The molecule has 0 amide bonds. The molecular weight excluding hydrogens is 185 g/mol. The molecule has 4 heteroatoms. The zero-order valence-electron chi connectivity index (χ0n) is 8.25. The van der Waals surface area contributed by atoms with E-state index in [2.05, 4.69) is 0 Å². The number of rotatable bonds is 3. The number of methoxy groups -OCH3 is 1. The summed E-state index contributed by atoms with van der Waals surface area (Å²) >= 11 is 0. The van der Waals surface area contributed by atoms with Crippen molar-refractivity contribution < 1.29 is 14.2 Å². The van der Waals surface area contributed by atoms with Gasteiger partial charge in [-0.25, -0.2) is 4.39 Å². The minimum Gasteiger partial charge on any atom is -0.505 e. The zero-order chi connectivity index (χ0) is 10.8. The van der Waals surface area contributed by atoms with Gasteiger partial charge >= 0.3 is 0 Å². The van der Waals surface area contributed by atoms with E-state index in [0.717, 1.165) is 0 Å². The molecule has 1 aromatic carbocycles. The van der Waals surface area contributed by atoms with Crippen LogP contribution in [0.15, 0.2) is 18.2 Å². The number of phenolic OH excluding ortho intramolecular Hbond substituents is 1. The molecule has 1 unspecified atom stereocenters. The van der Waals surface area contributed by atoms with E-state index >= 15 is 0 Å². The summed E-state index contributed by atoms with van der Waals surface area (Å²) < 4.78 is 18.2. The predicted octanol–water partition coefficient (Wildman–Crippen LogP) is 1.35. The van der Waals surface area contributed by atoms with E-state index in [1.165, 1.54) is 19.2 Å². The van der Waals surface area contributed by atoms with E-state index in [4.69, 9.17) is 10.5 Å². The molecule has 78 valence electrons. The van der Waals surface area contributed by atoms with Crippen LogP contribution in [0.3, 0.4) is 0 Å². The monoisotopic (exact) mass is 199 g/mol. The van der Waals surface area contributed by atoms with Crippen molar-refractivity contribution in [2.24, 2.45) is 5.73 Å². The van der Waals surface area contributed by atoms with Crippen molar-refractivity contribution in [2.75, 3.05) is 13.7 Å². The minimum atomic E-state index is -0.855. The number of hydrogen-bond acceptors (Lipinski definition) is 3. The van der Waals surface area contributed by atoms with Gasteiger partial charge in [-0.2, -0.15) is 0 Å². The normalized spacial score (nSPS) is 15.1. The molecule has 0 aliphatic heterocycles. The summed E-state index contributed by atoms with van der Waals surface area (Å²) in [7, 11) is 1.47. The summed E-state index contributed by atoms with van der Waals surface area (Å²) in [6.45, 7) is 1.86. The fourth-order valence-electron chi connectivity index (χ4n) is 1.25. The maximum absolute atomic E-state index is 13.0. The highest BCUT2D eigenvalue weighted by atomic mass is 19.1. The molecule has 0 aliphatic rings. The maximum Gasteiger partial charge on any atom is 0.165 e. The molecule has 0 fully saturated rings. The van der Waals surface area contributed by atoms with Gasteiger partial charge in [0, 0.05) is 19.2 Å². The molecule has 0 saturated carbocycles. The first-order valence-electron chi connectivity index (χ1n) is 4.28. The SMILES string of the molecule is COC(C)(CN)c1cccc(F)c1O. The van der Waals surface area contributed by atoms with E-state index in [1.54, 1.807) is 13.0 Å². The van der Waals surface area contributed by atoms with Gasteiger partial charge in [0.05, 0.1) is 0 Å². The van der Waals surface area contributed by atoms with E-state index in [9.17, 15) is 9.50 Å². The molecular formula is C10H14FNO2. The highest BCUT2D eigenvalue weighted by Gasteiger charge is 2.28. The number of para-hydroxylation sites is 1. The lowest BCUT2D eigenvalue weighted by Crippen LogP contribution is -2.33. The second kappa shape index (κ2) is 3.94. The van der Waals surface area contributed by atoms with Gasteiger partial charge in [-0.15, -0.1) is 0 Å². The van der Waals surface area contributed by atoms with Crippen molar-refractivity contribution in [1.82, 2.24) is 0 Å². The first kappa shape index (κ1) is 10.9. The fraction of sp³-hybridized carbons (Fsp3) is 0.400. The molecule has 0 heterocycles. The van der Waals surface area contributed by atoms with Crippen LogP contribution in [0.1, 0.15) is 12.5 Å². The Bertz CT molecular complexity index is 324. The average Bonchev–Trinajstić information content (AvgIpc) is 2.21. The summed E-state index contributed by atoms with van der Waals surface area (Å²) in [5, 5.41) is 9.48. The van der Waals surface area contributed by atoms with Crippen molar-refractivity contribution >= 4 is 0 Å². The van der Waals surface area contributed by atoms with Crippen LogP contribution in [-0.2, 0) is 10.3 Å². The number of ether oxygens (including phenoxy) is 1. The van der Waals surface area contributed by atoms with Gasteiger partial charge in [0.15, 0.2) is 11.6 Å². The van der Waals surface area contributed by atoms with Gasteiger partial charge in [0.2, 0.25) is 0 Å². The van der Waals surface area contributed by atoms with Gasteiger partial charge in [0.25, 0.3) is 0 Å². The van der Waals surface area contributed by atoms with Gasteiger partial charge in [-0.1, -0.05) is 12.1 Å². The lowest BCUT2D eigenvalue weighted by molar-refractivity contribution is 0.00787. The maximum atomic E-state index is 13.0. The quantitative estimate of drug-likeness (QED) is 0.772. The number of aromatic hydroxyl groups is 1. The zero-order valence-corrected chi connectivity index (χ0v) is 8.25. The fourth-order valence-corrected chi connectivity index (χ4v) is 1.25. The van der Waals surface area contributed by atoms with E-state index in [0.29, 0.717) is 5.56 Å². The molecule has 0 aromatic heterocycles. The van der Waals surface area contributed by atoms with Crippen LogP contribution in [0.25, 0.3) is 0 Å². The van der Waals surface area contributed by atoms with Gasteiger partial charge in [-0.3, -0.25) is 0 Å². The molecule has 0 aliphatic carbocycles. The summed E-state index contributed by atoms with van der Waals surface area (Å²) in [4.78, 5) is 0. The van der Waals surface area contributed by atoms with Crippen molar-refractivity contribution in [1.29, 1.82) is 0 Å². The van der Waals surface area contributed by atoms with Gasteiger partial charge in [-0.05, 0) is 13.0 Å². The summed E-state index contributed by atoms with van der Waals surface area (Å²) in [6.07, 6.45) is 0. The van der Waals surface area contributed by atoms with E-state index in [-0.39, 0.29) is 6.54 Å². The van der Waals surface area contributed by atoms with Crippen LogP contribution in [0, 0.1) is 5.82 Å². The van der Waals surface area contributed by atoms with E-state index < -0.39 is 17.2 Å². The largest absolute Gasteiger partial charge is 0.505 e. The average molecular weight is 199 g/mol. The van der Waals surface area contributed by atoms with Crippen molar-refractivity contribution in [3.8, 4) is 5.75 Å². The summed E-state index contributed by atoms with van der Waals surface area (Å²) in [5.41, 5.74) is 5.02. The van der Waals surface area contributed by atoms with Crippen LogP contribution >= 0.6 is 0 Å². The van der Waals surface area contributed by atoms with Crippen LogP contribution in [0.4, 0.5) is 4.39 Å². The molecule has 1 rings (SSSR count). The smallest absolute Gasteiger partial charge is 0.165 e. The Kier molecular flexibility index (Phi) is 3.08. The van der Waals surface area contributed by atoms with Crippen molar-refractivity contribution in [2.45, 2.75) is 12.5 Å². The lowest BCUT2D eigenvalue weighted by Gasteiger charge is -2.27. The highest BCUT2D eigenvalue weighted by molar-refractivity contribution is 5.38. The lowest BCUT2D eigenvalue weighted by atomic mass is 9.95. The number of benzene rings is 1. The molecule has 3 N–H and O–H groups in total. The number of nitrogens with two attached hydrogens (primary N) is 1. The van der Waals surface area contributed by atoms with E-state index in [1.807, 2.05) is 0 Å². The molecule has 3 nitrogen and oxygen atoms in total. The molecule has 1 aromatic rings. The first-order chi connectivity index (χ1) is 6.55. The summed E-state index contributed by atoms with van der Waals surface area (Å²) in [5.74, 6) is -1.07. The number of halogens is 1. The third-order valence-corrected chi connectivity index (χ3v) is 2.40. The first-order valence-corrected chi connectivity index (χ1v) is 4.28. The number of phenols is 1. The second-order valence-corrected chi connectivity index (χ2v) is 3.28. The Morgan fingerprint density at radius 3 is 2.71 bits per heavy atom. The molecule has 0 spiro atoms. The summed E-state index contributed by atoms with van der Waals surface area (Å²) in [6, 6.07) is 4.29. The third kappa shape index (κ3) is 1.71. The standard InChI is InChI=1S/C10H14FNO2/c1-10(6-12,14-2)7-4-3-5-8(11)9(7)13/h3-5,13H,6,12H2,1-2H3. The molecule has 0 radical (unpaired) electrons. The Morgan fingerprint density at radius 1 is 1.57 bits per heavy atom. The topological polar surface area (TPSA) is 55.5 Å². The van der Waals surface area contributed by atoms with Gasteiger partial charge < -0.3 is 15.6 Å². The Balaban J connectivity index is 3.24. The molecule has 0 bridgehead atoms. The highest BCUT2D eigenvalue weighted by Crippen LogP contribution is 2.32. The molecule has 14 heavy (non-hydrogen) atoms. The second-order valence-electron chi connectivity index (χ2n) is 3.28. The number of hydrogen-bond donors (Lipinski definition) is 2. The Labute approximate surface area is 82.3 Å². The van der Waals surface area contributed by atoms with Crippen LogP contribution in [0.5, 0.6) is 5.75 Å². The molecule has 0 saturated heterocycles. The third-order valence-electron chi connectivity index (χ3n) is 2.40. The van der Waals surface area contributed by atoms with Crippen LogP contribution in [-0.4, -0.2) is 18.8 Å². The molecule has 1 atom stereocenters. The predicted molar refractivity (Wildman–Crippen MR) is 51.5 cm³/mol. The Morgan fingerprint density at radius 2 is 2.21 bits per heavy atom. The van der Waals surface area contributed by atoms with Crippen molar-refractivity contribution in [3.05, 3.63) is 29.6 Å². The van der Waals surface area contributed by atoms with Crippen LogP contribution in [0.2, 0.25) is 0 Å². The van der Waals surface area contributed by atoms with Gasteiger partial charge in [0.1, 0.15) is 5.60 Å².